The summed E-state index contributed by atoms with van der Waals surface area (Å²) in [6.45, 7) is 9.11. The topological polar surface area (TPSA) is 105 Å². The Labute approximate surface area is 179 Å². The molecule has 0 aromatic carbocycles. The lowest BCUT2D eigenvalue weighted by Crippen LogP contribution is -2.60. The van der Waals surface area contributed by atoms with E-state index in [1.807, 2.05) is 27.7 Å². The van der Waals surface area contributed by atoms with Crippen molar-refractivity contribution in [1.82, 2.24) is 10.2 Å². The molecule has 3 rings (SSSR count). The van der Waals surface area contributed by atoms with Crippen molar-refractivity contribution in [2.75, 3.05) is 13.2 Å². The van der Waals surface area contributed by atoms with Gasteiger partial charge in [-0.25, -0.2) is 0 Å². The van der Waals surface area contributed by atoms with Crippen molar-refractivity contribution < 1.29 is 29.0 Å². The van der Waals surface area contributed by atoms with Gasteiger partial charge in [0.25, 0.3) is 0 Å². The summed E-state index contributed by atoms with van der Waals surface area (Å²) in [5, 5.41) is 12.9. The van der Waals surface area contributed by atoms with Crippen LogP contribution >= 0.6 is 15.9 Å². The van der Waals surface area contributed by atoms with E-state index in [1.54, 1.807) is 6.92 Å². The molecule has 7 atom stereocenters. The van der Waals surface area contributed by atoms with E-state index in [2.05, 4.69) is 21.2 Å². The van der Waals surface area contributed by atoms with Gasteiger partial charge >= 0.3 is 5.97 Å². The van der Waals surface area contributed by atoms with Crippen LogP contribution in [0.2, 0.25) is 0 Å². The second-order valence-electron chi connectivity index (χ2n) is 9.14. The lowest BCUT2D eigenvalue weighted by molar-refractivity contribution is -0.155. The zero-order chi connectivity index (χ0) is 21.7. The number of nitrogens with zero attached hydrogens (tertiary/aromatic N) is 1. The summed E-state index contributed by atoms with van der Waals surface area (Å²) >= 11 is 3.59. The molecule has 0 aromatic heterocycles. The van der Waals surface area contributed by atoms with Gasteiger partial charge in [-0.2, -0.15) is 0 Å². The largest absolute Gasteiger partial charge is 0.466 e. The molecule has 3 heterocycles. The van der Waals surface area contributed by atoms with Crippen molar-refractivity contribution in [1.29, 1.82) is 0 Å². The Balaban J connectivity index is 2.08. The number of likely N-dealkylation sites (tertiary alicyclic amines) is 1. The van der Waals surface area contributed by atoms with E-state index in [0.717, 1.165) is 0 Å². The van der Waals surface area contributed by atoms with Gasteiger partial charge in [0.05, 0.1) is 37.2 Å². The van der Waals surface area contributed by atoms with Crippen molar-refractivity contribution in [3.8, 4) is 0 Å². The molecule has 2 N–H and O–H groups in total. The van der Waals surface area contributed by atoms with E-state index >= 15 is 0 Å². The maximum absolute atomic E-state index is 13.6. The van der Waals surface area contributed by atoms with Crippen LogP contribution in [0.5, 0.6) is 0 Å². The molecule has 0 radical (unpaired) electrons. The first-order valence-electron chi connectivity index (χ1n) is 10.3. The highest BCUT2D eigenvalue weighted by Crippen LogP contribution is 2.60. The van der Waals surface area contributed by atoms with Gasteiger partial charge in [0.2, 0.25) is 11.8 Å². The molecule has 8 nitrogen and oxygen atoms in total. The molecule has 3 saturated heterocycles. The summed E-state index contributed by atoms with van der Waals surface area (Å²) in [6.07, 6.45) is 0.393. The molecule has 3 fully saturated rings. The van der Waals surface area contributed by atoms with E-state index in [-0.39, 0.29) is 29.9 Å². The predicted octanol–water partition coefficient (Wildman–Crippen LogP) is 0.983. The Kier molecular flexibility index (Phi) is 6.06. The minimum absolute atomic E-state index is 0.167. The summed E-state index contributed by atoms with van der Waals surface area (Å²) in [5.41, 5.74) is -1.63. The lowest BCUT2D eigenvalue weighted by Gasteiger charge is -2.38. The third-order valence-electron chi connectivity index (χ3n) is 6.11. The number of carbonyl (C=O) groups excluding carboxylic acids is 3. The van der Waals surface area contributed by atoms with Crippen LogP contribution in [-0.2, 0) is 23.9 Å². The molecule has 3 aliphatic heterocycles. The van der Waals surface area contributed by atoms with Crippen molar-refractivity contribution in [2.45, 2.75) is 81.6 Å². The molecule has 164 valence electrons. The maximum atomic E-state index is 13.6. The molecule has 1 unspecified atom stereocenters. The number of hydrogen-bond donors (Lipinski definition) is 2. The summed E-state index contributed by atoms with van der Waals surface area (Å²) in [5.74, 6) is -2.69. The Bertz CT molecular complexity index is 691. The number of hydrogen-bond acceptors (Lipinski definition) is 6. The van der Waals surface area contributed by atoms with Gasteiger partial charge in [0, 0.05) is 10.4 Å². The molecule has 0 saturated carbocycles. The second kappa shape index (κ2) is 7.81. The lowest BCUT2D eigenvalue weighted by atomic mass is 9.70. The van der Waals surface area contributed by atoms with Crippen LogP contribution in [0.3, 0.4) is 0 Å². The third kappa shape index (κ3) is 3.49. The molecule has 0 aliphatic carbocycles. The van der Waals surface area contributed by atoms with Gasteiger partial charge in [0.1, 0.15) is 11.6 Å². The van der Waals surface area contributed by atoms with Crippen LogP contribution in [0.25, 0.3) is 0 Å². The number of aliphatic hydroxyl groups excluding tert-OH is 1. The van der Waals surface area contributed by atoms with Crippen molar-refractivity contribution in [2.24, 2.45) is 11.8 Å². The maximum Gasteiger partial charge on any atom is 0.312 e. The van der Waals surface area contributed by atoms with Gasteiger partial charge in [-0.3, -0.25) is 14.4 Å². The number of ether oxygens (including phenoxy) is 2. The van der Waals surface area contributed by atoms with Crippen LogP contribution in [-0.4, -0.2) is 75.2 Å². The summed E-state index contributed by atoms with van der Waals surface area (Å²) < 4.78 is 11.6. The smallest absolute Gasteiger partial charge is 0.312 e. The van der Waals surface area contributed by atoms with Gasteiger partial charge in [0.15, 0.2) is 0 Å². The average molecular weight is 475 g/mol. The first-order chi connectivity index (χ1) is 13.5. The highest BCUT2D eigenvalue weighted by atomic mass is 79.9. The number of carbonyl (C=O) groups is 3. The Morgan fingerprint density at radius 3 is 2.59 bits per heavy atom. The van der Waals surface area contributed by atoms with Gasteiger partial charge in [-0.05, 0) is 40.5 Å². The van der Waals surface area contributed by atoms with Gasteiger partial charge < -0.3 is 24.8 Å². The first-order valence-corrected chi connectivity index (χ1v) is 11.2. The first kappa shape index (κ1) is 22.5. The van der Waals surface area contributed by atoms with E-state index in [4.69, 9.17) is 9.47 Å². The predicted molar refractivity (Wildman–Crippen MR) is 108 cm³/mol. The van der Waals surface area contributed by atoms with Gasteiger partial charge in [-0.15, -0.1) is 0 Å². The van der Waals surface area contributed by atoms with Crippen molar-refractivity contribution >= 4 is 33.7 Å². The van der Waals surface area contributed by atoms with E-state index in [9.17, 15) is 19.5 Å². The van der Waals surface area contributed by atoms with Crippen LogP contribution < -0.4 is 5.32 Å². The number of fused-ring (bicyclic) bond motifs is 1. The molecular formula is C20H31BrN2O6. The fourth-order valence-electron chi connectivity index (χ4n) is 5.12. The molecule has 29 heavy (non-hydrogen) atoms. The summed E-state index contributed by atoms with van der Waals surface area (Å²) in [7, 11) is 0. The minimum Gasteiger partial charge on any atom is -0.466 e. The molecule has 2 amide bonds. The standard InChI is InChI=1S/C20H31BrN2O6/c1-6-10(9-24)23-15(16(25)22-19(3,4)5)20-8-11(21)14(29-20)12(13(20)17(23)26)18(27)28-7-2/h10-15,24H,6-9H2,1-5H3,(H,22,25)/t10-,11?,12+,13-,14+,15+,20-/m0/s1. The highest BCUT2D eigenvalue weighted by molar-refractivity contribution is 9.09. The number of alkyl halides is 1. The highest BCUT2D eigenvalue weighted by Gasteiger charge is 2.77. The Morgan fingerprint density at radius 1 is 1.41 bits per heavy atom. The fraction of sp³-hybridized carbons (Fsp3) is 0.850. The SMILES string of the molecule is CCOC(=O)[C@H]1[C@@H]2O[C@@]3(CC2Br)[C@@H]1C(=O)N([C@@H](CC)CO)[C@@H]3C(=O)NC(C)(C)C. The zero-order valence-corrected chi connectivity index (χ0v) is 19.2. The molecule has 1 spiro atoms. The molecule has 2 bridgehead atoms. The van der Waals surface area contributed by atoms with E-state index in [1.165, 1.54) is 4.90 Å². The zero-order valence-electron chi connectivity index (χ0n) is 17.6. The fourth-order valence-corrected chi connectivity index (χ4v) is 6.06. The molecule has 3 aliphatic rings. The van der Waals surface area contributed by atoms with Crippen LogP contribution in [0.15, 0.2) is 0 Å². The summed E-state index contributed by atoms with van der Waals surface area (Å²) in [4.78, 5) is 41.0. The third-order valence-corrected chi connectivity index (χ3v) is 6.95. The van der Waals surface area contributed by atoms with E-state index in [0.29, 0.717) is 12.8 Å². The molecular weight excluding hydrogens is 444 g/mol. The number of halogens is 1. The van der Waals surface area contributed by atoms with Crippen LogP contribution in [0.1, 0.15) is 47.5 Å². The Morgan fingerprint density at radius 2 is 2.07 bits per heavy atom. The normalized spacial score (nSPS) is 36.9. The quantitative estimate of drug-likeness (QED) is 0.439. The number of aliphatic hydroxyl groups is 1. The molecule has 0 aromatic rings. The number of amides is 2. The summed E-state index contributed by atoms with van der Waals surface area (Å²) in [6, 6.07) is -1.45. The monoisotopic (exact) mass is 474 g/mol. The number of esters is 1. The van der Waals surface area contributed by atoms with E-state index < -0.39 is 47.1 Å². The second-order valence-corrected chi connectivity index (χ2v) is 10.3. The minimum atomic E-state index is -1.12. The number of nitrogens with one attached hydrogen (secondary N) is 1. The van der Waals surface area contributed by atoms with Gasteiger partial charge in [-0.1, -0.05) is 22.9 Å². The van der Waals surface area contributed by atoms with Crippen LogP contribution in [0.4, 0.5) is 0 Å². The number of rotatable bonds is 6. The molecule has 9 heteroatoms. The van der Waals surface area contributed by atoms with Crippen LogP contribution in [0, 0.1) is 11.8 Å². The van der Waals surface area contributed by atoms with Crippen molar-refractivity contribution in [3.05, 3.63) is 0 Å². The van der Waals surface area contributed by atoms with Crippen molar-refractivity contribution in [3.63, 3.8) is 0 Å². The average Bonchev–Trinajstić information content (AvgIpc) is 3.19. The Hall–Kier alpha value is -1.19.